The molecule has 2 aliphatic rings. The molecule has 2 fully saturated rings. The first-order valence-corrected chi connectivity index (χ1v) is 4.08. The molecule has 1 N–H and O–H groups in total. The molecule has 1 atom stereocenters. The van der Waals surface area contributed by atoms with Crippen molar-refractivity contribution in [3.05, 3.63) is 0 Å². The maximum atomic E-state index is 3.35. The van der Waals surface area contributed by atoms with Crippen molar-refractivity contribution in [3.63, 3.8) is 0 Å². The Bertz CT molecular complexity index is 114. The summed E-state index contributed by atoms with van der Waals surface area (Å²) in [5.41, 5.74) is 0.829. The normalized spacial score (nSPS) is 36.3. The molecular weight excluding hydrogens is 110 g/mol. The highest BCUT2D eigenvalue weighted by atomic mass is 15.0. The first kappa shape index (κ1) is 5.72. The van der Waals surface area contributed by atoms with Crippen LogP contribution < -0.4 is 5.32 Å². The van der Waals surface area contributed by atoms with Gasteiger partial charge in [-0.25, -0.2) is 0 Å². The van der Waals surface area contributed by atoms with E-state index in [1.54, 1.807) is 0 Å². The van der Waals surface area contributed by atoms with Crippen molar-refractivity contribution in [3.8, 4) is 0 Å². The standard InChI is InChI=1S/C8H15N/c1-2-3-7-4-8(7)5-9-6-8/h7,9H,2-6H2,1H3/t7-/m0/s1. The van der Waals surface area contributed by atoms with Crippen LogP contribution in [0.1, 0.15) is 26.2 Å². The molecule has 1 heterocycles. The van der Waals surface area contributed by atoms with Gasteiger partial charge >= 0.3 is 0 Å². The summed E-state index contributed by atoms with van der Waals surface area (Å²) in [6, 6.07) is 0. The molecule has 0 radical (unpaired) electrons. The average Bonchev–Trinajstić information content (AvgIpc) is 2.41. The zero-order chi connectivity index (χ0) is 6.32. The highest BCUT2D eigenvalue weighted by molar-refractivity contribution is 5.10. The Balaban J connectivity index is 1.80. The van der Waals surface area contributed by atoms with Gasteiger partial charge in [-0.3, -0.25) is 0 Å². The van der Waals surface area contributed by atoms with Gasteiger partial charge in [0.2, 0.25) is 0 Å². The third-order valence-corrected chi connectivity index (χ3v) is 2.95. The maximum Gasteiger partial charge on any atom is 0.00230 e. The number of hydrogen-bond donors (Lipinski definition) is 1. The van der Waals surface area contributed by atoms with Crippen molar-refractivity contribution in [1.29, 1.82) is 0 Å². The molecule has 1 saturated carbocycles. The van der Waals surface area contributed by atoms with Crippen LogP contribution in [-0.4, -0.2) is 13.1 Å². The molecule has 1 saturated heterocycles. The van der Waals surface area contributed by atoms with Crippen LogP contribution in [0.2, 0.25) is 0 Å². The molecule has 0 aromatic heterocycles. The van der Waals surface area contributed by atoms with Crippen LogP contribution in [0.4, 0.5) is 0 Å². The summed E-state index contributed by atoms with van der Waals surface area (Å²) in [4.78, 5) is 0. The molecule has 2 rings (SSSR count). The number of nitrogens with one attached hydrogen (secondary N) is 1. The molecule has 1 heteroatoms. The molecule has 0 aromatic carbocycles. The summed E-state index contributed by atoms with van der Waals surface area (Å²) in [7, 11) is 0. The van der Waals surface area contributed by atoms with Crippen LogP contribution in [0.5, 0.6) is 0 Å². The molecule has 1 nitrogen and oxygen atoms in total. The van der Waals surface area contributed by atoms with E-state index in [4.69, 9.17) is 0 Å². The Morgan fingerprint density at radius 3 is 2.67 bits per heavy atom. The van der Waals surface area contributed by atoms with Crippen LogP contribution in [0.15, 0.2) is 0 Å². The Kier molecular flexibility index (Phi) is 1.10. The lowest BCUT2D eigenvalue weighted by atomic mass is 9.95. The smallest absolute Gasteiger partial charge is 0.00230 e. The second kappa shape index (κ2) is 1.72. The lowest BCUT2D eigenvalue weighted by Gasteiger charge is -2.28. The molecule has 9 heavy (non-hydrogen) atoms. The lowest BCUT2D eigenvalue weighted by molar-refractivity contribution is 0.287. The van der Waals surface area contributed by atoms with Crippen molar-refractivity contribution in [2.24, 2.45) is 11.3 Å². The van der Waals surface area contributed by atoms with Gasteiger partial charge < -0.3 is 5.32 Å². The van der Waals surface area contributed by atoms with Gasteiger partial charge in [-0.2, -0.15) is 0 Å². The maximum absolute atomic E-state index is 3.35. The van der Waals surface area contributed by atoms with E-state index in [1.807, 2.05) is 0 Å². The van der Waals surface area contributed by atoms with E-state index >= 15 is 0 Å². The van der Waals surface area contributed by atoms with Gasteiger partial charge in [0.05, 0.1) is 0 Å². The van der Waals surface area contributed by atoms with E-state index in [0.717, 1.165) is 11.3 Å². The van der Waals surface area contributed by atoms with E-state index < -0.39 is 0 Å². The van der Waals surface area contributed by atoms with Gasteiger partial charge in [0, 0.05) is 13.1 Å². The summed E-state index contributed by atoms with van der Waals surface area (Å²) in [5, 5.41) is 3.35. The molecule has 1 spiro atoms. The van der Waals surface area contributed by atoms with Gasteiger partial charge in [0.15, 0.2) is 0 Å². The van der Waals surface area contributed by atoms with E-state index in [9.17, 15) is 0 Å². The van der Waals surface area contributed by atoms with Crippen molar-refractivity contribution in [1.82, 2.24) is 5.32 Å². The fourth-order valence-corrected chi connectivity index (χ4v) is 2.07. The third kappa shape index (κ3) is 0.710. The molecule has 0 amide bonds. The van der Waals surface area contributed by atoms with E-state index in [2.05, 4.69) is 12.2 Å². The van der Waals surface area contributed by atoms with Crippen molar-refractivity contribution in [2.75, 3.05) is 13.1 Å². The zero-order valence-corrected chi connectivity index (χ0v) is 6.11. The number of hydrogen-bond acceptors (Lipinski definition) is 1. The Labute approximate surface area is 56.8 Å². The topological polar surface area (TPSA) is 12.0 Å². The molecule has 52 valence electrons. The first-order chi connectivity index (χ1) is 4.37. The molecule has 1 aliphatic carbocycles. The molecular formula is C8H15N. The number of rotatable bonds is 2. The Hall–Kier alpha value is -0.0400. The summed E-state index contributed by atoms with van der Waals surface area (Å²) in [6.07, 6.45) is 4.38. The Morgan fingerprint density at radius 1 is 1.56 bits per heavy atom. The van der Waals surface area contributed by atoms with Crippen LogP contribution in [0.25, 0.3) is 0 Å². The third-order valence-electron chi connectivity index (χ3n) is 2.95. The van der Waals surface area contributed by atoms with Crippen LogP contribution in [0, 0.1) is 11.3 Å². The van der Waals surface area contributed by atoms with Gasteiger partial charge in [-0.1, -0.05) is 19.8 Å². The molecule has 0 unspecified atom stereocenters. The van der Waals surface area contributed by atoms with Crippen molar-refractivity contribution in [2.45, 2.75) is 26.2 Å². The summed E-state index contributed by atoms with van der Waals surface area (Å²) < 4.78 is 0. The summed E-state index contributed by atoms with van der Waals surface area (Å²) in [6.45, 7) is 4.92. The predicted octanol–water partition coefficient (Wildman–Crippen LogP) is 1.40. The second-order valence-electron chi connectivity index (χ2n) is 3.66. The quantitative estimate of drug-likeness (QED) is 0.588. The second-order valence-corrected chi connectivity index (χ2v) is 3.66. The van der Waals surface area contributed by atoms with Gasteiger partial charge in [0.1, 0.15) is 0 Å². The highest BCUT2D eigenvalue weighted by Gasteiger charge is 2.56. The summed E-state index contributed by atoms with van der Waals surface area (Å²) in [5.74, 6) is 1.10. The molecule has 0 aromatic rings. The SMILES string of the molecule is CCC[C@H]1CC12CNC2. The minimum atomic E-state index is 0.829. The van der Waals surface area contributed by atoms with Gasteiger partial charge in [0.25, 0.3) is 0 Å². The van der Waals surface area contributed by atoms with E-state index in [1.165, 1.54) is 32.4 Å². The van der Waals surface area contributed by atoms with Crippen LogP contribution >= 0.6 is 0 Å². The fourth-order valence-electron chi connectivity index (χ4n) is 2.07. The lowest BCUT2D eigenvalue weighted by Crippen LogP contribution is -2.45. The largest absolute Gasteiger partial charge is 0.316 e. The first-order valence-electron chi connectivity index (χ1n) is 4.08. The highest BCUT2D eigenvalue weighted by Crippen LogP contribution is 2.57. The average molecular weight is 125 g/mol. The van der Waals surface area contributed by atoms with Gasteiger partial charge in [-0.15, -0.1) is 0 Å². The van der Waals surface area contributed by atoms with Gasteiger partial charge in [-0.05, 0) is 17.8 Å². The Morgan fingerprint density at radius 2 is 2.33 bits per heavy atom. The van der Waals surface area contributed by atoms with E-state index in [-0.39, 0.29) is 0 Å². The van der Waals surface area contributed by atoms with Crippen LogP contribution in [0.3, 0.4) is 0 Å². The predicted molar refractivity (Wildman–Crippen MR) is 38.3 cm³/mol. The summed E-state index contributed by atoms with van der Waals surface area (Å²) >= 11 is 0. The van der Waals surface area contributed by atoms with Crippen molar-refractivity contribution >= 4 is 0 Å². The van der Waals surface area contributed by atoms with Crippen LogP contribution in [-0.2, 0) is 0 Å². The minimum absolute atomic E-state index is 0.829. The molecule has 1 aliphatic heterocycles. The molecule has 0 bridgehead atoms. The monoisotopic (exact) mass is 125 g/mol. The van der Waals surface area contributed by atoms with Crippen molar-refractivity contribution < 1.29 is 0 Å². The zero-order valence-electron chi connectivity index (χ0n) is 6.11. The van der Waals surface area contributed by atoms with E-state index in [0.29, 0.717) is 0 Å². The minimum Gasteiger partial charge on any atom is -0.316 e. The fraction of sp³-hybridized carbons (Fsp3) is 1.00.